The van der Waals surface area contributed by atoms with E-state index < -0.39 is 0 Å². The largest absolute Gasteiger partial charge is 0.323 e. The molecule has 0 aliphatic carbocycles. The number of hydrogen-bond acceptors (Lipinski definition) is 4. The SMILES string of the molecule is CC.CC.CC.CC.CC.CC.CC.CC.c1ccc(N(CN(c2ccccc2)c2ccccc2)c2ccccc2)cc1.c1ccc(N(CN(c2ccccc2)c2ccccc2)c2ccccc2)cc1. The topological polar surface area (TPSA) is 13.0 Å². The van der Waals surface area contributed by atoms with Crippen LogP contribution in [-0.4, -0.2) is 13.3 Å². The third kappa shape index (κ3) is 23.3. The highest BCUT2D eigenvalue weighted by Gasteiger charge is 2.18. The van der Waals surface area contributed by atoms with E-state index in [1.807, 2.05) is 111 Å². The summed E-state index contributed by atoms with van der Waals surface area (Å²) in [6.07, 6.45) is 0. The van der Waals surface area contributed by atoms with Gasteiger partial charge in [-0.1, -0.05) is 256 Å². The number of anilines is 8. The van der Waals surface area contributed by atoms with Crippen molar-refractivity contribution < 1.29 is 0 Å². The monoisotopic (exact) mass is 941 g/mol. The molecule has 0 heterocycles. The van der Waals surface area contributed by atoms with Gasteiger partial charge in [-0.15, -0.1) is 0 Å². The maximum atomic E-state index is 2.33. The molecule has 8 aromatic rings. The molecule has 0 saturated heterocycles. The predicted octanol–water partition coefficient (Wildman–Crippen LogP) is 21.5. The molecule has 0 amide bonds. The van der Waals surface area contributed by atoms with Crippen molar-refractivity contribution in [2.24, 2.45) is 0 Å². The third-order valence-corrected chi connectivity index (χ3v) is 9.11. The number of hydrogen-bond donors (Lipinski definition) is 0. The highest BCUT2D eigenvalue weighted by atomic mass is 15.3. The molecule has 0 bridgehead atoms. The summed E-state index contributed by atoms with van der Waals surface area (Å²) in [6, 6.07) is 84.2. The maximum absolute atomic E-state index is 2.33. The standard InChI is InChI=1S/2C25H22N2.8C2H6/c2*1-5-13-22(14-6-1)26(23-15-7-2-8-16-23)21-27(24-17-9-3-10-18-24)25-19-11-4-12-20-25;8*1-2/h2*1-20H,21H2;8*1-2H3. The lowest BCUT2D eigenvalue weighted by molar-refractivity contribution is 0.926. The Morgan fingerprint density at radius 3 is 0.329 bits per heavy atom. The molecule has 0 atom stereocenters. The normalized spacial score (nSPS) is 8.69. The summed E-state index contributed by atoms with van der Waals surface area (Å²) in [6.45, 7) is 33.4. The molecular weight excluding hydrogens is 849 g/mol. The Morgan fingerprint density at radius 2 is 0.243 bits per heavy atom. The molecule has 0 spiro atoms. The van der Waals surface area contributed by atoms with Gasteiger partial charge in [-0.05, 0) is 97.1 Å². The minimum atomic E-state index is 0.710. The molecular formula is C66H92N4. The van der Waals surface area contributed by atoms with Crippen LogP contribution in [0.2, 0.25) is 0 Å². The second-order valence-electron chi connectivity index (χ2n) is 12.7. The molecule has 0 aliphatic heterocycles. The molecule has 0 unspecified atom stereocenters. The number of rotatable bonds is 12. The summed E-state index contributed by atoms with van der Waals surface area (Å²) < 4.78 is 0. The second kappa shape index (κ2) is 45.7. The second-order valence-corrected chi connectivity index (χ2v) is 12.7. The molecule has 0 aromatic heterocycles. The van der Waals surface area contributed by atoms with Crippen molar-refractivity contribution in [1.29, 1.82) is 0 Å². The van der Waals surface area contributed by atoms with Crippen LogP contribution in [-0.2, 0) is 0 Å². The van der Waals surface area contributed by atoms with E-state index in [4.69, 9.17) is 0 Å². The van der Waals surface area contributed by atoms with Gasteiger partial charge in [0.05, 0.1) is 13.3 Å². The van der Waals surface area contributed by atoms with E-state index in [9.17, 15) is 0 Å². The van der Waals surface area contributed by atoms with Crippen molar-refractivity contribution >= 4 is 45.5 Å². The van der Waals surface area contributed by atoms with Crippen LogP contribution in [0, 0.1) is 0 Å². The van der Waals surface area contributed by atoms with Gasteiger partial charge >= 0.3 is 0 Å². The zero-order valence-electron chi connectivity index (χ0n) is 46.3. The van der Waals surface area contributed by atoms with Gasteiger partial charge in [0.2, 0.25) is 0 Å². The fraction of sp³-hybridized carbons (Fsp3) is 0.273. The molecule has 376 valence electrons. The minimum absolute atomic E-state index is 0.710. The predicted molar refractivity (Wildman–Crippen MR) is 321 cm³/mol. The van der Waals surface area contributed by atoms with Gasteiger partial charge in [0, 0.05) is 45.5 Å². The van der Waals surface area contributed by atoms with Crippen molar-refractivity contribution in [3.05, 3.63) is 243 Å². The van der Waals surface area contributed by atoms with Crippen LogP contribution in [0.15, 0.2) is 243 Å². The van der Waals surface area contributed by atoms with Crippen molar-refractivity contribution in [1.82, 2.24) is 0 Å². The summed E-state index contributed by atoms with van der Waals surface area (Å²) in [5.41, 5.74) is 9.34. The average Bonchev–Trinajstić information content (AvgIpc) is 3.50. The average molecular weight is 941 g/mol. The van der Waals surface area contributed by atoms with Gasteiger partial charge < -0.3 is 19.6 Å². The van der Waals surface area contributed by atoms with Crippen molar-refractivity contribution in [2.75, 3.05) is 32.9 Å². The lowest BCUT2D eigenvalue weighted by Crippen LogP contribution is -2.32. The van der Waals surface area contributed by atoms with E-state index in [0.717, 1.165) is 0 Å². The Labute approximate surface area is 429 Å². The highest BCUT2D eigenvalue weighted by Crippen LogP contribution is 2.33. The maximum Gasteiger partial charge on any atom is 0.0999 e. The summed E-state index contributed by atoms with van der Waals surface area (Å²) in [7, 11) is 0. The first kappa shape index (κ1) is 65.0. The Hall–Kier alpha value is -7.04. The summed E-state index contributed by atoms with van der Waals surface area (Å²) in [4.78, 5) is 9.33. The van der Waals surface area contributed by atoms with Gasteiger partial charge in [-0.2, -0.15) is 0 Å². The third-order valence-electron chi connectivity index (χ3n) is 9.11. The molecule has 0 fully saturated rings. The number of benzene rings is 8. The van der Waals surface area contributed by atoms with E-state index >= 15 is 0 Å². The molecule has 4 nitrogen and oxygen atoms in total. The van der Waals surface area contributed by atoms with Gasteiger partial charge in [-0.3, -0.25) is 0 Å². The Kier molecular flexibility index (Phi) is 42.5. The molecule has 0 aliphatic rings. The van der Waals surface area contributed by atoms with E-state index in [1.165, 1.54) is 45.5 Å². The fourth-order valence-electron chi connectivity index (χ4n) is 6.40. The van der Waals surface area contributed by atoms with Crippen LogP contribution >= 0.6 is 0 Å². The summed E-state index contributed by atoms with van der Waals surface area (Å²) >= 11 is 0. The Balaban J connectivity index is 0. The van der Waals surface area contributed by atoms with E-state index in [2.05, 4.69) is 262 Å². The van der Waals surface area contributed by atoms with Crippen LogP contribution in [0.5, 0.6) is 0 Å². The van der Waals surface area contributed by atoms with Gasteiger partial charge in [0.1, 0.15) is 0 Å². The quantitative estimate of drug-likeness (QED) is 0.113. The fourth-order valence-corrected chi connectivity index (χ4v) is 6.40. The molecule has 0 saturated carbocycles. The molecule has 0 N–H and O–H groups in total. The number of nitrogens with zero attached hydrogens (tertiary/aromatic N) is 4. The van der Waals surface area contributed by atoms with Crippen molar-refractivity contribution in [3.8, 4) is 0 Å². The first-order chi connectivity index (χ1) is 34.8. The number of para-hydroxylation sites is 8. The summed E-state index contributed by atoms with van der Waals surface area (Å²) in [5.74, 6) is 0. The van der Waals surface area contributed by atoms with Crippen LogP contribution in [0.4, 0.5) is 45.5 Å². The molecule has 8 rings (SSSR count). The zero-order chi connectivity index (χ0) is 52.6. The summed E-state index contributed by atoms with van der Waals surface area (Å²) in [5, 5.41) is 0. The highest BCUT2D eigenvalue weighted by molar-refractivity contribution is 5.71. The molecule has 4 heteroatoms. The van der Waals surface area contributed by atoms with E-state index in [0.29, 0.717) is 13.3 Å². The minimum Gasteiger partial charge on any atom is -0.323 e. The lowest BCUT2D eigenvalue weighted by atomic mass is 10.2. The first-order valence-electron chi connectivity index (χ1n) is 26.3. The molecule has 70 heavy (non-hydrogen) atoms. The van der Waals surface area contributed by atoms with Gasteiger partial charge in [0.25, 0.3) is 0 Å². The lowest BCUT2D eigenvalue weighted by Gasteiger charge is -2.33. The van der Waals surface area contributed by atoms with Crippen molar-refractivity contribution in [3.63, 3.8) is 0 Å². The van der Waals surface area contributed by atoms with E-state index in [-0.39, 0.29) is 0 Å². The van der Waals surface area contributed by atoms with Gasteiger partial charge in [-0.25, -0.2) is 0 Å². The first-order valence-corrected chi connectivity index (χ1v) is 26.3. The van der Waals surface area contributed by atoms with Crippen LogP contribution in [0.1, 0.15) is 111 Å². The Morgan fingerprint density at radius 1 is 0.157 bits per heavy atom. The smallest absolute Gasteiger partial charge is 0.0999 e. The van der Waals surface area contributed by atoms with Gasteiger partial charge in [0.15, 0.2) is 0 Å². The van der Waals surface area contributed by atoms with E-state index in [1.54, 1.807) is 0 Å². The molecule has 0 radical (unpaired) electrons. The Bertz CT molecular complexity index is 1720. The van der Waals surface area contributed by atoms with Crippen LogP contribution in [0.25, 0.3) is 0 Å². The zero-order valence-corrected chi connectivity index (χ0v) is 46.3. The van der Waals surface area contributed by atoms with Crippen LogP contribution < -0.4 is 19.6 Å². The van der Waals surface area contributed by atoms with Crippen molar-refractivity contribution in [2.45, 2.75) is 111 Å². The molecule has 8 aromatic carbocycles. The van der Waals surface area contributed by atoms with Crippen LogP contribution in [0.3, 0.4) is 0 Å².